The van der Waals surface area contributed by atoms with Gasteiger partial charge in [0.1, 0.15) is 17.2 Å². The minimum atomic E-state index is -2.62. The molecular weight excluding hydrogens is 428 g/mol. The van der Waals surface area contributed by atoms with E-state index in [-0.39, 0.29) is 34.3 Å². The van der Waals surface area contributed by atoms with E-state index in [9.17, 15) is 17.6 Å². The van der Waals surface area contributed by atoms with E-state index >= 15 is 0 Å². The third kappa shape index (κ3) is 4.77. The first-order valence-corrected chi connectivity index (χ1v) is 9.25. The van der Waals surface area contributed by atoms with Gasteiger partial charge >= 0.3 is 0 Å². The van der Waals surface area contributed by atoms with Crippen molar-refractivity contribution < 1.29 is 22.3 Å². The van der Waals surface area contributed by atoms with Crippen molar-refractivity contribution >= 4 is 11.6 Å². The lowest BCUT2D eigenvalue weighted by Crippen LogP contribution is -2.08. The second-order valence-electron chi connectivity index (χ2n) is 6.38. The molecule has 4 aromatic rings. The van der Waals surface area contributed by atoms with Gasteiger partial charge in [-0.05, 0) is 24.3 Å². The largest absolute Gasteiger partial charge is 0.472 e. The van der Waals surface area contributed by atoms with Crippen molar-refractivity contribution in [3.8, 4) is 28.4 Å². The second kappa shape index (κ2) is 9.33. The number of hydrogen-bond acceptors (Lipinski definition) is 7. The lowest BCUT2D eigenvalue weighted by molar-refractivity contribution is 0.0796. The molecule has 0 bridgehead atoms. The molecule has 1 N–H and O–H groups in total. The van der Waals surface area contributed by atoms with Crippen LogP contribution < -0.4 is 10.1 Å². The van der Waals surface area contributed by atoms with Gasteiger partial charge in [-0.3, -0.25) is 4.98 Å². The van der Waals surface area contributed by atoms with Crippen LogP contribution in [0.4, 0.5) is 29.2 Å². The Morgan fingerprint density at radius 3 is 2.41 bits per heavy atom. The lowest BCUT2D eigenvalue weighted by atomic mass is 10.0. The Morgan fingerprint density at radius 2 is 1.69 bits per heavy atom. The van der Waals surface area contributed by atoms with Gasteiger partial charge in [0.25, 0.3) is 6.43 Å². The number of hydrogen-bond donors (Lipinski definition) is 1. The zero-order chi connectivity index (χ0) is 22.5. The summed E-state index contributed by atoms with van der Waals surface area (Å²) in [5.74, 6) is -1.22. The summed E-state index contributed by atoms with van der Waals surface area (Å²) in [6.45, 7) is -0.772. The van der Waals surface area contributed by atoms with E-state index < -0.39 is 24.7 Å². The van der Waals surface area contributed by atoms with Crippen molar-refractivity contribution in [1.29, 1.82) is 0 Å². The molecule has 3 heterocycles. The summed E-state index contributed by atoms with van der Waals surface area (Å²) >= 11 is 0. The number of aromatic nitrogens is 5. The van der Waals surface area contributed by atoms with Crippen LogP contribution in [0.3, 0.4) is 0 Å². The van der Waals surface area contributed by atoms with Gasteiger partial charge in [-0.1, -0.05) is 12.1 Å². The molecule has 0 saturated carbocycles. The summed E-state index contributed by atoms with van der Waals surface area (Å²) in [5.41, 5.74) is 0.668. The fraction of sp³-hybridized carbons (Fsp3) is 0.0952. The molecule has 0 atom stereocenters. The van der Waals surface area contributed by atoms with Gasteiger partial charge in [-0.2, -0.15) is 0 Å². The highest BCUT2D eigenvalue weighted by Crippen LogP contribution is 2.32. The average Bonchev–Trinajstić information content (AvgIpc) is 2.79. The van der Waals surface area contributed by atoms with Crippen LogP contribution in [0.1, 0.15) is 0 Å². The number of alkyl halides is 2. The van der Waals surface area contributed by atoms with E-state index in [2.05, 4.69) is 30.5 Å². The maximum Gasteiger partial charge on any atom is 0.272 e. The van der Waals surface area contributed by atoms with Crippen molar-refractivity contribution in [2.45, 2.75) is 6.43 Å². The van der Waals surface area contributed by atoms with Crippen LogP contribution in [0.5, 0.6) is 5.88 Å². The SMILES string of the molecule is Fc1cnccc1-c1nnc(Nc2ccc(OCC(F)F)nc2)nc1-c1ccccc1F. The highest BCUT2D eigenvalue weighted by molar-refractivity contribution is 5.78. The molecule has 0 radical (unpaired) electrons. The van der Waals surface area contributed by atoms with E-state index in [1.54, 1.807) is 6.07 Å². The average molecular weight is 442 g/mol. The Morgan fingerprint density at radius 1 is 0.875 bits per heavy atom. The van der Waals surface area contributed by atoms with Crippen LogP contribution in [0.25, 0.3) is 22.5 Å². The maximum atomic E-state index is 14.5. The molecule has 0 fully saturated rings. The van der Waals surface area contributed by atoms with Crippen molar-refractivity contribution in [1.82, 2.24) is 25.1 Å². The predicted octanol–water partition coefficient (Wildman–Crippen LogP) is 4.66. The third-order valence-corrected chi connectivity index (χ3v) is 4.19. The van der Waals surface area contributed by atoms with Crippen LogP contribution in [0.2, 0.25) is 0 Å². The summed E-state index contributed by atoms with van der Waals surface area (Å²) in [6.07, 6.45) is 1.09. The van der Waals surface area contributed by atoms with Crippen molar-refractivity contribution in [2.75, 3.05) is 11.9 Å². The van der Waals surface area contributed by atoms with Gasteiger partial charge < -0.3 is 10.1 Å². The molecule has 4 rings (SSSR count). The molecule has 32 heavy (non-hydrogen) atoms. The summed E-state index contributed by atoms with van der Waals surface area (Å²) in [4.78, 5) is 11.9. The number of halogens is 4. The van der Waals surface area contributed by atoms with E-state index in [1.165, 1.54) is 48.8 Å². The zero-order valence-electron chi connectivity index (χ0n) is 16.2. The number of anilines is 2. The molecule has 1 aromatic carbocycles. The van der Waals surface area contributed by atoms with E-state index in [1.807, 2.05) is 0 Å². The van der Waals surface area contributed by atoms with Crippen LogP contribution in [0, 0.1) is 11.6 Å². The Labute approximate surface area is 179 Å². The fourth-order valence-electron chi connectivity index (χ4n) is 2.79. The van der Waals surface area contributed by atoms with Crippen molar-refractivity contribution in [3.63, 3.8) is 0 Å². The molecule has 7 nitrogen and oxygen atoms in total. The van der Waals surface area contributed by atoms with Gasteiger partial charge in [0, 0.05) is 23.4 Å². The van der Waals surface area contributed by atoms with Gasteiger partial charge in [0.15, 0.2) is 12.4 Å². The molecule has 0 aliphatic rings. The Hall–Kier alpha value is -4.15. The Kier molecular flexibility index (Phi) is 6.15. The first-order valence-electron chi connectivity index (χ1n) is 9.25. The fourth-order valence-corrected chi connectivity index (χ4v) is 2.79. The topological polar surface area (TPSA) is 85.7 Å². The second-order valence-corrected chi connectivity index (χ2v) is 6.38. The molecule has 0 unspecified atom stereocenters. The number of pyridine rings is 2. The molecule has 11 heteroatoms. The Bertz CT molecular complexity index is 1220. The number of nitrogens with one attached hydrogen (secondary N) is 1. The van der Waals surface area contributed by atoms with E-state index in [0.717, 1.165) is 6.20 Å². The van der Waals surface area contributed by atoms with Crippen LogP contribution in [-0.2, 0) is 0 Å². The highest BCUT2D eigenvalue weighted by atomic mass is 19.3. The van der Waals surface area contributed by atoms with Gasteiger partial charge in [0.05, 0.1) is 18.1 Å². The van der Waals surface area contributed by atoms with Gasteiger partial charge in [-0.15, -0.1) is 10.2 Å². The van der Waals surface area contributed by atoms with E-state index in [0.29, 0.717) is 5.69 Å². The first kappa shape index (κ1) is 21.1. The molecule has 0 aliphatic heterocycles. The molecular formula is C21H14F4N6O. The number of benzene rings is 1. The standard InChI is InChI=1S/C21H14F4N6O/c22-15-4-2-1-3-13(15)19-20(14-7-8-26-10-16(14)23)30-31-21(29-19)28-12-5-6-18(27-9-12)32-11-17(24)25/h1-10,17H,11H2,(H,28,29,31). The monoisotopic (exact) mass is 442 g/mol. The lowest BCUT2D eigenvalue weighted by Gasteiger charge is -2.12. The van der Waals surface area contributed by atoms with Crippen molar-refractivity contribution in [3.05, 3.63) is 72.7 Å². The number of rotatable bonds is 7. The van der Waals surface area contributed by atoms with Crippen LogP contribution >= 0.6 is 0 Å². The summed E-state index contributed by atoms with van der Waals surface area (Å²) in [7, 11) is 0. The van der Waals surface area contributed by atoms with Crippen molar-refractivity contribution in [2.24, 2.45) is 0 Å². The quantitative estimate of drug-likeness (QED) is 0.417. The predicted molar refractivity (Wildman–Crippen MR) is 107 cm³/mol. The number of nitrogens with zero attached hydrogens (tertiary/aromatic N) is 5. The minimum absolute atomic E-state index is 0.00971. The van der Waals surface area contributed by atoms with Crippen LogP contribution in [0.15, 0.2) is 61.1 Å². The van der Waals surface area contributed by atoms with Gasteiger partial charge in [-0.25, -0.2) is 27.5 Å². The highest BCUT2D eigenvalue weighted by Gasteiger charge is 2.19. The first-order chi connectivity index (χ1) is 15.5. The zero-order valence-corrected chi connectivity index (χ0v) is 16.2. The third-order valence-electron chi connectivity index (χ3n) is 4.19. The van der Waals surface area contributed by atoms with E-state index in [4.69, 9.17) is 4.74 Å². The molecule has 0 amide bonds. The summed E-state index contributed by atoms with van der Waals surface area (Å²) < 4.78 is 58.1. The van der Waals surface area contributed by atoms with Crippen LogP contribution in [-0.4, -0.2) is 38.2 Å². The molecule has 0 saturated heterocycles. The summed E-state index contributed by atoms with van der Waals surface area (Å²) in [5, 5.41) is 10.8. The maximum absolute atomic E-state index is 14.5. The Balaban J connectivity index is 1.68. The molecule has 0 aliphatic carbocycles. The smallest absolute Gasteiger partial charge is 0.272 e. The molecule has 3 aromatic heterocycles. The molecule has 162 valence electrons. The van der Waals surface area contributed by atoms with Gasteiger partial charge in [0.2, 0.25) is 11.8 Å². The normalized spacial score (nSPS) is 10.9. The summed E-state index contributed by atoms with van der Waals surface area (Å²) in [6, 6.07) is 10.2. The number of ether oxygens (including phenoxy) is 1. The molecule has 0 spiro atoms. The minimum Gasteiger partial charge on any atom is -0.472 e.